The molecule has 0 unspecified atom stereocenters. The molecule has 2 aromatic carbocycles. The van der Waals surface area contributed by atoms with Gasteiger partial charge in [-0.05, 0) is 36.2 Å². The number of carbonyl (C=O) groups is 1. The Morgan fingerprint density at radius 3 is 2.34 bits per heavy atom. The number of pyridine rings is 1. The summed E-state index contributed by atoms with van der Waals surface area (Å²) >= 11 is 0. The van der Waals surface area contributed by atoms with Crippen LogP contribution >= 0.6 is 0 Å². The van der Waals surface area contributed by atoms with Crippen LogP contribution in [-0.4, -0.2) is 34.5 Å². The van der Waals surface area contributed by atoms with Gasteiger partial charge in [0, 0.05) is 30.1 Å². The molecule has 0 aliphatic carbocycles. The zero-order valence-electron chi connectivity index (χ0n) is 18.2. The van der Waals surface area contributed by atoms with Gasteiger partial charge in [-0.2, -0.15) is 0 Å². The minimum Gasteiger partial charge on any atom is -0.497 e. The van der Waals surface area contributed by atoms with Crippen molar-refractivity contribution in [2.45, 2.75) is 19.9 Å². The third-order valence-corrected chi connectivity index (χ3v) is 5.21. The third-order valence-electron chi connectivity index (χ3n) is 5.21. The van der Waals surface area contributed by atoms with E-state index < -0.39 is 0 Å². The van der Waals surface area contributed by atoms with Crippen LogP contribution in [0, 0.1) is 0 Å². The van der Waals surface area contributed by atoms with Crippen molar-refractivity contribution in [2.24, 2.45) is 0 Å². The fraction of sp³-hybridized carbons (Fsp3) is 0.208. The van der Waals surface area contributed by atoms with Crippen LogP contribution in [0.15, 0.2) is 65.6 Å². The number of ether oxygens (including phenoxy) is 2. The van der Waals surface area contributed by atoms with Crippen molar-refractivity contribution >= 4 is 22.6 Å². The zero-order valence-corrected chi connectivity index (χ0v) is 18.2. The average Bonchev–Trinajstić information content (AvgIpc) is 3.10. The Balaban J connectivity index is 1.72. The van der Waals surface area contributed by atoms with Crippen LogP contribution in [0.3, 0.4) is 0 Å². The number of amides is 1. The Bertz CT molecular complexity index is 1300. The van der Waals surface area contributed by atoms with Gasteiger partial charge in [-0.25, -0.2) is 9.67 Å². The minimum atomic E-state index is -0.318. The van der Waals surface area contributed by atoms with Crippen LogP contribution in [0.25, 0.3) is 16.7 Å². The normalized spacial score (nSPS) is 10.8. The summed E-state index contributed by atoms with van der Waals surface area (Å²) in [7, 11) is 3.08. The van der Waals surface area contributed by atoms with Gasteiger partial charge in [-0.3, -0.25) is 14.3 Å². The molecule has 1 N–H and O–H groups in total. The van der Waals surface area contributed by atoms with E-state index in [0.29, 0.717) is 33.9 Å². The zero-order chi connectivity index (χ0) is 22.7. The highest BCUT2D eigenvalue weighted by atomic mass is 16.5. The van der Waals surface area contributed by atoms with Crippen LogP contribution in [0.1, 0.15) is 12.5 Å². The van der Waals surface area contributed by atoms with E-state index in [-0.39, 0.29) is 18.0 Å². The number of aryl methyl sites for hydroxylation is 1. The van der Waals surface area contributed by atoms with Gasteiger partial charge in [-0.1, -0.05) is 19.1 Å². The fourth-order valence-corrected chi connectivity index (χ4v) is 3.58. The summed E-state index contributed by atoms with van der Waals surface area (Å²) in [5, 5.41) is 3.29. The summed E-state index contributed by atoms with van der Waals surface area (Å²) in [4.78, 5) is 30.5. The van der Waals surface area contributed by atoms with Gasteiger partial charge in [0.05, 0.1) is 25.3 Å². The third kappa shape index (κ3) is 4.07. The van der Waals surface area contributed by atoms with Gasteiger partial charge in [0.2, 0.25) is 5.91 Å². The molecule has 0 saturated carbocycles. The average molecular weight is 432 g/mol. The largest absolute Gasteiger partial charge is 0.497 e. The van der Waals surface area contributed by atoms with Crippen LogP contribution in [0.5, 0.6) is 11.5 Å². The number of methoxy groups -OCH3 is 2. The molecule has 32 heavy (non-hydrogen) atoms. The standard InChI is InChI=1S/C24H24N4O4/c1-4-16-7-9-18(10-8-16)28-24(30)21-6-5-11-25-23(21)27(28)15-22(29)26-17-12-19(31-2)14-20(13-17)32-3/h5-14H,4,15H2,1-3H3,(H,26,29). The molecule has 164 valence electrons. The molecule has 0 atom stereocenters. The van der Waals surface area contributed by atoms with E-state index >= 15 is 0 Å². The number of aromatic nitrogens is 3. The maximum atomic E-state index is 13.1. The molecule has 1 amide bonds. The van der Waals surface area contributed by atoms with Crippen LogP contribution in [-0.2, 0) is 17.8 Å². The predicted octanol–water partition coefficient (Wildman–Crippen LogP) is 3.41. The monoisotopic (exact) mass is 432 g/mol. The highest BCUT2D eigenvalue weighted by Crippen LogP contribution is 2.26. The van der Waals surface area contributed by atoms with Crippen molar-refractivity contribution in [1.29, 1.82) is 0 Å². The van der Waals surface area contributed by atoms with Crippen LogP contribution in [0.2, 0.25) is 0 Å². The SMILES string of the molecule is CCc1ccc(-n2c(=O)c3cccnc3n2CC(=O)Nc2cc(OC)cc(OC)c2)cc1. The first-order valence-electron chi connectivity index (χ1n) is 10.2. The predicted molar refractivity (Wildman–Crippen MR) is 123 cm³/mol. The Hall–Kier alpha value is -4.07. The second-order valence-electron chi connectivity index (χ2n) is 7.22. The molecule has 8 heteroatoms. The van der Waals surface area contributed by atoms with Crippen molar-refractivity contribution in [3.05, 3.63) is 76.7 Å². The van der Waals surface area contributed by atoms with Gasteiger partial charge in [-0.15, -0.1) is 0 Å². The molecule has 0 bridgehead atoms. The van der Waals surface area contributed by atoms with Crippen molar-refractivity contribution in [3.8, 4) is 17.2 Å². The summed E-state index contributed by atoms with van der Waals surface area (Å²) in [5.74, 6) is 0.795. The molecule has 0 fully saturated rings. The second-order valence-corrected chi connectivity index (χ2v) is 7.22. The highest BCUT2D eigenvalue weighted by Gasteiger charge is 2.18. The smallest absolute Gasteiger partial charge is 0.280 e. The number of hydrogen-bond donors (Lipinski definition) is 1. The Morgan fingerprint density at radius 1 is 1.03 bits per heavy atom. The highest BCUT2D eigenvalue weighted by molar-refractivity contribution is 5.92. The van der Waals surface area contributed by atoms with E-state index in [9.17, 15) is 9.59 Å². The summed E-state index contributed by atoms with van der Waals surface area (Å²) < 4.78 is 13.6. The topological polar surface area (TPSA) is 87.4 Å². The first-order valence-corrected chi connectivity index (χ1v) is 10.2. The molecule has 0 radical (unpaired) electrons. The molecule has 0 saturated heterocycles. The second kappa shape index (κ2) is 8.97. The number of fused-ring (bicyclic) bond motifs is 1. The number of rotatable bonds is 7. The van der Waals surface area contributed by atoms with Gasteiger partial charge < -0.3 is 14.8 Å². The molecule has 0 aliphatic rings. The van der Waals surface area contributed by atoms with Gasteiger partial charge >= 0.3 is 0 Å². The van der Waals surface area contributed by atoms with Crippen molar-refractivity contribution in [3.63, 3.8) is 0 Å². The molecule has 0 spiro atoms. The number of hydrogen-bond acceptors (Lipinski definition) is 5. The lowest BCUT2D eigenvalue weighted by molar-refractivity contribution is -0.116. The fourth-order valence-electron chi connectivity index (χ4n) is 3.58. The van der Waals surface area contributed by atoms with Crippen LogP contribution < -0.4 is 20.3 Å². The lowest BCUT2D eigenvalue weighted by Gasteiger charge is -2.14. The summed E-state index contributed by atoms with van der Waals surface area (Å²) in [6.07, 6.45) is 2.50. The molecule has 2 aromatic heterocycles. The number of nitrogens with one attached hydrogen (secondary N) is 1. The Morgan fingerprint density at radius 2 is 1.72 bits per heavy atom. The lowest BCUT2D eigenvalue weighted by Crippen LogP contribution is -2.27. The minimum absolute atomic E-state index is 0.106. The van der Waals surface area contributed by atoms with E-state index in [0.717, 1.165) is 12.0 Å². The van der Waals surface area contributed by atoms with Crippen molar-refractivity contribution in [2.75, 3.05) is 19.5 Å². The summed E-state index contributed by atoms with van der Waals surface area (Å²) in [6.45, 7) is 1.96. The Kier molecular flexibility index (Phi) is 5.93. The van der Waals surface area contributed by atoms with E-state index in [1.807, 2.05) is 24.3 Å². The van der Waals surface area contributed by atoms with E-state index in [2.05, 4.69) is 17.2 Å². The van der Waals surface area contributed by atoms with Gasteiger partial charge in [0.1, 0.15) is 18.0 Å². The molecule has 4 rings (SSSR count). The number of anilines is 1. The first kappa shape index (κ1) is 21.2. The van der Waals surface area contributed by atoms with Gasteiger partial charge in [0.15, 0.2) is 5.65 Å². The number of carbonyl (C=O) groups excluding carboxylic acids is 1. The number of nitrogens with zero attached hydrogens (tertiary/aromatic N) is 3. The van der Waals surface area contributed by atoms with Crippen molar-refractivity contribution in [1.82, 2.24) is 14.3 Å². The molecule has 8 nitrogen and oxygen atoms in total. The lowest BCUT2D eigenvalue weighted by atomic mass is 10.1. The van der Waals surface area contributed by atoms with E-state index in [1.165, 1.54) is 4.68 Å². The number of benzene rings is 2. The van der Waals surface area contributed by atoms with Crippen molar-refractivity contribution < 1.29 is 14.3 Å². The molecule has 0 aliphatic heterocycles. The van der Waals surface area contributed by atoms with E-state index in [4.69, 9.17) is 9.47 Å². The first-order chi connectivity index (χ1) is 15.5. The van der Waals surface area contributed by atoms with Gasteiger partial charge in [0.25, 0.3) is 5.56 Å². The molecule has 2 heterocycles. The molecular formula is C24H24N4O4. The van der Waals surface area contributed by atoms with Crippen LogP contribution in [0.4, 0.5) is 5.69 Å². The maximum Gasteiger partial charge on any atom is 0.280 e. The Labute approximate surface area is 185 Å². The summed E-state index contributed by atoms with van der Waals surface area (Å²) in [5.41, 5.74) is 2.56. The maximum absolute atomic E-state index is 13.1. The quantitative estimate of drug-likeness (QED) is 0.484. The molecular weight excluding hydrogens is 408 g/mol. The van der Waals surface area contributed by atoms with E-state index in [1.54, 1.807) is 55.4 Å². The summed E-state index contributed by atoms with van der Waals surface area (Å²) in [6, 6.07) is 16.2. The molecule has 4 aromatic rings.